The van der Waals surface area contributed by atoms with Crippen molar-refractivity contribution in [2.24, 2.45) is 0 Å². The number of carbonyl (C=O) groups is 3. The van der Waals surface area contributed by atoms with Crippen LogP contribution in [-0.4, -0.2) is 30.9 Å². The van der Waals surface area contributed by atoms with Gasteiger partial charge in [0, 0.05) is 11.3 Å². The second kappa shape index (κ2) is 8.63. The predicted molar refractivity (Wildman–Crippen MR) is 93.0 cm³/mol. The van der Waals surface area contributed by atoms with Crippen LogP contribution >= 0.6 is 0 Å². The average Bonchev–Trinajstić information content (AvgIpc) is 2.61. The molecule has 0 aliphatic carbocycles. The Bertz CT molecular complexity index is 750. The quantitative estimate of drug-likeness (QED) is 0.618. The number of hydrogen-bond acceptors (Lipinski definition) is 5. The van der Waals surface area contributed by atoms with E-state index < -0.39 is 5.97 Å². The molecular weight excluding hydrogens is 322 g/mol. The highest BCUT2D eigenvalue weighted by atomic mass is 16.5. The van der Waals surface area contributed by atoms with Crippen LogP contribution in [0.25, 0.3) is 0 Å². The summed E-state index contributed by atoms with van der Waals surface area (Å²) in [5.74, 6) is -0.273. The summed E-state index contributed by atoms with van der Waals surface area (Å²) in [4.78, 5) is 34.6. The number of carbonyl (C=O) groups excluding carboxylic acids is 3. The van der Waals surface area contributed by atoms with E-state index in [1.54, 1.807) is 55.5 Å². The first-order valence-corrected chi connectivity index (χ1v) is 7.80. The molecule has 0 aliphatic rings. The summed E-state index contributed by atoms with van der Waals surface area (Å²) in [6.45, 7) is 3.36. The third-order valence-corrected chi connectivity index (χ3v) is 3.31. The van der Waals surface area contributed by atoms with Gasteiger partial charge < -0.3 is 14.8 Å². The normalized spacial score (nSPS) is 10.0. The molecule has 0 aliphatic heterocycles. The first-order chi connectivity index (χ1) is 12.0. The lowest BCUT2D eigenvalue weighted by Gasteiger charge is -2.08. The maximum atomic E-state index is 11.9. The molecule has 0 spiro atoms. The number of nitrogens with one attached hydrogen (secondary N) is 1. The summed E-state index contributed by atoms with van der Waals surface area (Å²) in [5, 5.41) is 2.67. The Morgan fingerprint density at radius 3 is 2.08 bits per heavy atom. The van der Waals surface area contributed by atoms with Crippen molar-refractivity contribution in [3.8, 4) is 5.75 Å². The SMILES string of the molecule is CCOC(=O)c1ccc(NC(=O)COc2ccc(C(C)=O)cc2)cc1. The van der Waals surface area contributed by atoms with Gasteiger partial charge in [0.25, 0.3) is 5.91 Å². The van der Waals surface area contributed by atoms with E-state index in [2.05, 4.69) is 5.32 Å². The van der Waals surface area contributed by atoms with Gasteiger partial charge in [-0.1, -0.05) is 0 Å². The van der Waals surface area contributed by atoms with Crippen LogP contribution in [0.3, 0.4) is 0 Å². The standard InChI is InChI=1S/C19H19NO5/c1-3-24-19(23)15-4-8-16(9-5-15)20-18(22)12-25-17-10-6-14(7-11-17)13(2)21/h4-11H,3,12H2,1-2H3,(H,20,22). The lowest BCUT2D eigenvalue weighted by atomic mass is 10.1. The highest BCUT2D eigenvalue weighted by Crippen LogP contribution is 2.13. The van der Waals surface area contributed by atoms with Crippen LogP contribution in [-0.2, 0) is 9.53 Å². The zero-order valence-electron chi connectivity index (χ0n) is 14.1. The highest BCUT2D eigenvalue weighted by Gasteiger charge is 2.08. The van der Waals surface area contributed by atoms with Crippen molar-refractivity contribution < 1.29 is 23.9 Å². The molecule has 0 bridgehead atoms. The summed E-state index contributed by atoms with van der Waals surface area (Å²) in [6.07, 6.45) is 0. The van der Waals surface area contributed by atoms with Crippen LogP contribution in [0.5, 0.6) is 5.75 Å². The smallest absolute Gasteiger partial charge is 0.338 e. The molecule has 2 rings (SSSR count). The first kappa shape index (κ1) is 18.2. The van der Waals surface area contributed by atoms with E-state index in [4.69, 9.17) is 9.47 Å². The molecule has 2 aromatic rings. The Morgan fingerprint density at radius 2 is 1.52 bits per heavy atom. The van der Waals surface area contributed by atoms with Crippen LogP contribution in [0.2, 0.25) is 0 Å². The van der Waals surface area contributed by atoms with E-state index in [1.807, 2.05) is 0 Å². The maximum absolute atomic E-state index is 11.9. The highest BCUT2D eigenvalue weighted by molar-refractivity contribution is 5.94. The second-order valence-corrected chi connectivity index (χ2v) is 5.22. The number of amides is 1. The first-order valence-electron chi connectivity index (χ1n) is 7.80. The lowest BCUT2D eigenvalue weighted by molar-refractivity contribution is -0.118. The van der Waals surface area contributed by atoms with Gasteiger partial charge in [0.15, 0.2) is 12.4 Å². The topological polar surface area (TPSA) is 81.7 Å². The van der Waals surface area contributed by atoms with Crippen molar-refractivity contribution in [2.45, 2.75) is 13.8 Å². The minimum atomic E-state index is -0.405. The van der Waals surface area contributed by atoms with Gasteiger partial charge in [-0.2, -0.15) is 0 Å². The van der Waals surface area contributed by atoms with E-state index in [0.29, 0.717) is 29.2 Å². The van der Waals surface area contributed by atoms with Gasteiger partial charge >= 0.3 is 5.97 Å². The number of rotatable bonds is 7. The van der Waals surface area contributed by atoms with Gasteiger partial charge in [-0.05, 0) is 62.4 Å². The molecular formula is C19H19NO5. The Balaban J connectivity index is 1.85. The summed E-state index contributed by atoms with van der Waals surface area (Å²) in [7, 11) is 0. The molecule has 25 heavy (non-hydrogen) atoms. The molecule has 1 N–H and O–H groups in total. The molecule has 0 fully saturated rings. The van der Waals surface area contributed by atoms with E-state index >= 15 is 0 Å². The van der Waals surface area contributed by atoms with E-state index in [9.17, 15) is 14.4 Å². The summed E-state index contributed by atoms with van der Waals surface area (Å²) in [6, 6.07) is 12.9. The molecule has 0 aromatic heterocycles. The van der Waals surface area contributed by atoms with Gasteiger partial charge in [-0.3, -0.25) is 9.59 Å². The number of hydrogen-bond donors (Lipinski definition) is 1. The van der Waals surface area contributed by atoms with Crippen molar-refractivity contribution in [1.29, 1.82) is 0 Å². The van der Waals surface area contributed by atoms with Crippen molar-refractivity contribution in [3.63, 3.8) is 0 Å². The average molecular weight is 341 g/mol. The van der Waals surface area contributed by atoms with Crippen molar-refractivity contribution in [3.05, 3.63) is 59.7 Å². The second-order valence-electron chi connectivity index (χ2n) is 5.22. The molecule has 0 saturated heterocycles. The Labute approximate surface area is 145 Å². The number of anilines is 1. The largest absolute Gasteiger partial charge is 0.484 e. The third kappa shape index (κ3) is 5.46. The van der Waals surface area contributed by atoms with Crippen LogP contribution < -0.4 is 10.1 Å². The van der Waals surface area contributed by atoms with Crippen LogP contribution in [0.4, 0.5) is 5.69 Å². The Morgan fingerprint density at radius 1 is 0.920 bits per heavy atom. The van der Waals surface area contributed by atoms with E-state index in [-0.39, 0.29) is 18.3 Å². The van der Waals surface area contributed by atoms with Crippen molar-refractivity contribution in [1.82, 2.24) is 0 Å². The van der Waals surface area contributed by atoms with Crippen LogP contribution in [0.1, 0.15) is 34.6 Å². The summed E-state index contributed by atoms with van der Waals surface area (Å²) in [5.41, 5.74) is 1.55. The number of Topliss-reactive ketones (excluding diaryl/α,β-unsaturated/α-hetero) is 1. The third-order valence-electron chi connectivity index (χ3n) is 3.31. The van der Waals surface area contributed by atoms with E-state index in [0.717, 1.165) is 0 Å². The summed E-state index contributed by atoms with van der Waals surface area (Å²) >= 11 is 0. The summed E-state index contributed by atoms with van der Waals surface area (Å²) < 4.78 is 10.3. The molecule has 130 valence electrons. The van der Waals surface area contributed by atoms with Crippen LogP contribution in [0.15, 0.2) is 48.5 Å². The van der Waals surface area contributed by atoms with Gasteiger partial charge in [0.2, 0.25) is 0 Å². The molecule has 1 amide bonds. The zero-order chi connectivity index (χ0) is 18.2. The lowest BCUT2D eigenvalue weighted by Crippen LogP contribution is -2.20. The fraction of sp³-hybridized carbons (Fsp3) is 0.211. The molecule has 0 unspecified atom stereocenters. The van der Waals surface area contributed by atoms with Gasteiger partial charge in [0.1, 0.15) is 5.75 Å². The monoisotopic (exact) mass is 341 g/mol. The molecule has 2 aromatic carbocycles. The Kier molecular flexibility index (Phi) is 6.28. The number of esters is 1. The Hall–Kier alpha value is -3.15. The zero-order valence-corrected chi connectivity index (χ0v) is 14.1. The molecule has 0 heterocycles. The molecule has 0 saturated carbocycles. The molecule has 6 nitrogen and oxygen atoms in total. The molecule has 0 atom stereocenters. The number of ketones is 1. The fourth-order valence-electron chi connectivity index (χ4n) is 2.04. The fourth-order valence-corrected chi connectivity index (χ4v) is 2.04. The van der Waals surface area contributed by atoms with Crippen LogP contribution in [0, 0.1) is 0 Å². The maximum Gasteiger partial charge on any atom is 0.338 e. The minimum Gasteiger partial charge on any atom is -0.484 e. The van der Waals surface area contributed by atoms with Gasteiger partial charge in [-0.15, -0.1) is 0 Å². The minimum absolute atomic E-state index is 0.0319. The molecule has 0 radical (unpaired) electrons. The van der Waals surface area contributed by atoms with Crippen molar-refractivity contribution >= 4 is 23.3 Å². The number of ether oxygens (including phenoxy) is 2. The number of benzene rings is 2. The van der Waals surface area contributed by atoms with E-state index in [1.165, 1.54) is 6.92 Å². The molecule has 6 heteroatoms. The van der Waals surface area contributed by atoms with Gasteiger partial charge in [0.05, 0.1) is 12.2 Å². The predicted octanol–water partition coefficient (Wildman–Crippen LogP) is 3.08. The van der Waals surface area contributed by atoms with Gasteiger partial charge in [-0.25, -0.2) is 4.79 Å². The van der Waals surface area contributed by atoms with Crippen molar-refractivity contribution in [2.75, 3.05) is 18.5 Å².